The second-order valence-corrected chi connectivity index (χ2v) is 16.0. The van der Waals surface area contributed by atoms with Crippen LogP contribution in [0, 0.1) is 11.8 Å². The fourth-order valence-electron chi connectivity index (χ4n) is 7.25. The van der Waals surface area contributed by atoms with Crippen LogP contribution in [0.1, 0.15) is 75.2 Å². The first-order valence-corrected chi connectivity index (χ1v) is 19.7. The highest BCUT2D eigenvalue weighted by Gasteiger charge is 2.31. The molecule has 0 bridgehead atoms. The van der Waals surface area contributed by atoms with Crippen molar-refractivity contribution in [1.29, 1.82) is 0 Å². The molecule has 1 aliphatic heterocycles. The van der Waals surface area contributed by atoms with Crippen molar-refractivity contribution < 1.29 is 33.8 Å². The third-order valence-corrected chi connectivity index (χ3v) is 10.5. The molecule has 0 spiro atoms. The molecule has 1 saturated heterocycles. The average molecular weight is 794 g/mol. The van der Waals surface area contributed by atoms with E-state index in [0.717, 1.165) is 35.1 Å². The van der Waals surface area contributed by atoms with Crippen molar-refractivity contribution in [3.63, 3.8) is 0 Å². The van der Waals surface area contributed by atoms with Crippen LogP contribution in [0.25, 0.3) is 22.5 Å². The maximum atomic E-state index is 13.8. The number of aromatic nitrogens is 4. The van der Waals surface area contributed by atoms with Crippen LogP contribution in [-0.2, 0) is 20.7 Å². The number of tetrazole rings is 1. The zero-order valence-corrected chi connectivity index (χ0v) is 33.0. The molecule has 5 amide bonds. The number of nitrogens with zero attached hydrogens (tertiary/aromatic N) is 4. The number of carbonyl (C=O) groups excluding carboxylic acids is 4. The summed E-state index contributed by atoms with van der Waals surface area (Å²) in [6.07, 6.45) is 2.80. The van der Waals surface area contributed by atoms with Crippen molar-refractivity contribution in [2.24, 2.45) is 11.8 Å². The Hall–Kier alpha value is -6.32. The third kappa shape index (κ3) is 11.6. The van der Waals surface area contributed by atoms with E-state index in [1.165, 1.54) is 4.90 Å². The topological polar surface area (TPSA) is 221 Å². The first kappa shape index (κ1) is 41.3. The third-order valence-electron chi connectivity index (χ3n) is 10.5. The SMILES string of the molecule is CC(C)(C)OC(=O)NC[C@H]1CC[C@H](C(=O)N[C@@H](Cc2ccc(-c3ccc(C(=O)NC4CCN(C(=O)O)CC4)cc3)cc2)C(=O)Nc2ccc(-c3nn[nH]n3)cc2)CC1. The van der Waals surface area contributed by atoms with Gasteiger partial charge in [-0.25, -0.2) is 9.59 Å². The summed E-state index contributed by atoms with van der Waals surface area (Å²) in [5, 5.41) is 35.0. The number of carbonyl (C=O) groups is 5. The van der Waals surface area contributed by atoms with Crippen LogP contribution in [0.5, 0.6) is 0 Å². The quantitative estimate of drug-likeness (QED) is 0.107. The van der Waals surface area contributed by atoms with Crippen molar-refractivity contribution in [2.75, 3.05) is 25.0 Å². The van der Waals surface area contributed by atoms with Gasteiger partial charge < -0.3 is 36.0 Å². The number of aromatic amines is 1. The number of amides is 5. The minimum Gasteiger partial charge on any atom is -0.465 e. The van der Waals surface area contributed by atoms with E-state index in [2.05, 4.69) is 41.9 Å². The minimum absolute atomic E-state index is 0.0795. The molecule has 1 atom stereocenters. The standard InChI is InChI=1S/C42H51N9O7/c1-42(2,3)58-40(55)43-25-27-6-10-31(11-7-27)38(53)46-35(39(54)45-33-18-16-30(17-19-33)36-47-49-50-48-36)24-26-4-8-28(9-5-26)29-12-14-32(15-13-29)37(52)44-34-20-22-51(23-21-34)41(56)57/h4-5,8-9,12-19,27,31,34-35H,6-7,10-11,20-25H2,1-3H3,(H,43,55)(H,44,52)(H,45,54)(H,46,53)(H,56,57)(H,47,48,49,50)/t27-,31-,35-/m0/s1. The van der Waals surface area contributed by atoms with Gasteiger partial charge in [0, 0.05) is 54.8 Å². The van der Waals surface area contributed by atoms with Crippen molar-refractivity contribution >= 4 is 35.6 Å². The Morgan fingerprint density at radius 3 is 2.05 bits per heavy atom. The molecule has 1 aromatic heterocycles. The molecule has 0 radical (unpaired) electrons. The number of rotatable bonds is 12. The highest BCUT2D eigenvalue weighted by Crippen LogP contribution is 2.29. The van der Waals surface area contributed by atoms with Gasteiger partial charge in [0.05, 0.1) is 0 Å². The fourth-order valence-corrected chi connectivity index (χ4v) is 7.25. The van der Waals surface area contributed by atoms with Crippen LogP contribution in [0.4, 0.5) is 15.3 Å². The van der Waals surface area contributed by atoms with Gasteiger partial charge in [-0.3, -0.25) is 14.4 Å². The van der Waals surface area contributed by atoms with Crippen LogP contribution < -0.4 is 21.3 Å². The molecular formula is C42H51N9O7. The van der Waals surface area contributed by atoms with Gasteiger partial charge in [-0.15, -0.1) is 10.2 Å². The Labute approximate surface area is 336 Å². The molecule has 58 heavy (non-hydrogen) atoms. The van der Waals surface area contributed by atoms with E-state index in [9.17, 15) is 29.1 Å². The molecule has 2 heterocycles. The van der Waals surface area contributed by atoms with Crippen molar-refractivity contribution in [1.82, 2.24) is 41.5 Å². The van der Waals surface area contributed by atoms with Gasteiger partial charge in [-0.1, -0.05) is 36.4 Å². The van der Waals surface area contributed by atoms with Crippen LogP contribution in [0.2, 0.25) is 0 Å². The Kier molecular flexibility index (Phi) is 13.4. The van der Waals surface area contributed by atoms with Gasteiger partial charge in [0.1, 0.15) is 11.6 Å². The zero-order valence-electron chi connectivity index (χ0n) is 33.0. The summed E-state index contributed by atoms with van der Waals surface area (Å²) < 4.78 is 5.35. The van der Waals surface area contributed by atoms with Crippen LogP contribution in [0.3, 0.4) is 0 Å². The Bertz CT molecular complexity index is 2020. The molecule has 6 N–H and O–H groups in total. The van der Waals surface area contributed by atoms with E-state index in [0.29, 0.717) is 62.4 Å². The lowest BCUT2D eigenvalue weighted by Crippen LogP contribution is -2.48. The average Bonchev–Trinajstić information content (AvgIpc) is 3.76. The molecule has 3 aromatic carbocycles. The van der Waals surface area contributed by atoms with Gasteiger partial charge in [-0.2, -0.15) is 5.21 Å². The van der Waals surface area contributed by atoms with Crippen LogP contribution in [-0.4, -0.2) is 97.9 Å². The maximum absolute atomic E-state index is 13.8. The zero-order chi connectivity index (χ0) is 41.2. The van der Waals surface area contributed by atoms with Crippen molar-refractivity contribution in [3.05, 3.63) is 83.9 Å². The summed E-state index contributed by atoms with van der Waals surface area (Å²) in [5.41, 5.74) is 3.87. The Balaban J connectivity index is 1.07. The normalized spacial score (nSPS) is 17.7. The summed E-state index contributed by atoms with van der Waals surface area (Å²) in [6, 6.07) is 21.1. The van der Waals surface area contributed by atoms with Gasteiger partial charge in [0.15, 0.2) is 0 Å². The smallest absolute Gasteiger partial charge is 0.407 e. The van der Waals surface area contributed by atoms with Crippen LogP contribution in [0.15, 0.2) is 72.8 Å². The van der Waals surface area contributed by atoms with Crippen molar-refractivity contribution in [2.45, 2.75) is 83.4 Å². The fraction of sp³-hybridized carbons (Fsp3) is 0.429. The predicted octanol–water partition coefficient (Wildman–Crippen LogP) is 5.40. The summed E-state index contributed by atoms with van der Waals surface area (Å²) in [7, 11) is 0. The molecule has 4 aromatic rings. The number of hydrogen-bond donors (Lipinski definition) is 6. The van der Waals surface area contributed by atoms with Gasteiger partial charge in [0.25, 0.3) is 5.91 Å². The molecule has 16 nitrogen and oxygen atoms in total. The summed E-state index contributed by atoms with van der Waals surface area (Å²) in [4.78, 5) is 65.1. The van der Waals surface area contributed by atoms with E-state index in [1.807, 2.05) is 57.2 Å². The van der Waals surface area contributed by atoms with Crippen LogP contribution >= 0.6 is 0 Å². The number of likely N-dealkylation sites (tertiary alicyclic amines) is 1. The first-order chi connectivity index (χ1) is 27.8. The number of hydrogen-bond acceptors (Lipinski definition) is 9. The summed E-state index contributed by atoms with van der Waals surface area (Å²) in [6.45, 7) is 6.71. The lowest BCUT2D eigenvalue weighted by Gasteiger charge is -2.30. The Morgan fingerprint density at radius 1 is 0.845 bits per heavy atom. The van der Waals surface area contributed by atoms with E-state index in [1.54, 1.807) is 36.4 Å². The van der Waals surface area contributed by atoms with E-state index >= 15 is 0 Å². The largest absolute Gasteiger partial charge is 0.465 e. The number of alkyl carbamates (subject to hydrolysis) is 1. The highest BCUT2D eigenvalue weighted by molar-refractivity contribution is 5.98. The second kappa shape index (κ2) is 18.7. The van der Waals surface area contributed by atoms with Gasteiger partial charge in [-0.05, 0) is 124 Å². The first-order valence-electron chi connectivity index (χ1n) is 19.7. The molecule has 16 heteroatoms. The molecular weight excluding hydrogens is 743 g/mol. The molecule has 2 fully saturated rings. The number of nitrogens with one attached hydrogen (secondary N) is 5. The van der Waals surface area contributed by atoms with E-state index in [4.69, 9.17) is 4.74 Å². The van der Waals surface area contributed by atoms with E-state index < -0.39 is 23.8 Å². The number of benzene rings is 3. The molecule has 6 rings (SSSR count). The summed E-state index contributed by atoms with van der Waals surface area (Å²) >= 11 is 0. The molecule has 1 saturated carbocycles. The number of H-pyrrole nitrogens is 1. The lowest BCUT2D eigenvalue weighted by molar-refractivity contribution is -0.130. The lowest BCUT2D eigenvalue weighted by atomic mass is 9.81. The monoisotopic (exact) mass is 793 g/mol. The van der Waals surface area contributed by atoms with E-state index in [-0.39, 0.29) is 42.0 Å². The predicted molar refractivity (Wildman–Crippen MR) is 216 cm³/mol. The molecule has 1 aliphatic carbocycles. The minimum atomic E-state index is -0.941. The van der Waals surface area contributed by atoms with Gasteiger partial charge >= 0.3 is 12.2 Å². The number of carboxylic acid groups (broad SMARTS) is 1. The Morgan fingerprint density at radius 2 is 1.47 bits per heavy atom. The van der Waals surface area contributed by atoms with Gasteiger partial charge in [0.2, 0.25) is 17.6 Å². The number of piperidine rings is 1. The summed E-state index contributed by atoms with van der Waals surface area (Å²) in [5.74, 6) is -0.352. The maximum Gasteiger partial charge on any atom is 0.407 e. The second-order valence-electron chi connectivity index (χ2n) is 16.0. The molecule has 2 aliphatic rings. The van der Waals surface area contributed by atoms with Crippen molar-refractivity contribution in [3.8, 4) is 22.5 Å². The molecule has 306 valence electrons. The number of anilines is 1. The highest BCUT2D eigenvalue weighted by atomic mass is 16.6. The number of ether oxygens (including phenoxy) is 1. The molecule has 0 unspecified atom stereocenters.